The fraction of sp³-hybridized carbons (Fsp3) is 0.526. The number of nitrogens with one attached hydrogen (secondary N) is 1. The summed E-state index contributed by atoms with van der Waals surface area (Å²) in [5.74, 6) is -0.322. The van der Waals surface area contributed by atoms with Crippen molar-refractivity contribution in [2.75, 3.05) is 24.7 Å². The van der Waals surface area contributed by atoms with Crippen LogP contribution in [0.4, 0.5) is 11.8 Å². The molecule has 2 aliphatic rings. The first kappa shape index (κ1) is 30.6. The number of nitrogen functional groups attached to an aromatic ring is 2. The highest BCUT2D eigenvalue weighted by atomic mass is 31.2. The molecule has 0 spiro atoms. The predicted molar refractivity (Wildman–Crippen MR) is 134 cm³/mol. The van der Waals surface area contributed by atoms with E-state index in [1.54, 1.807) is 0 Å². The van der Waals surface area contributed by atoms with Gasteiger partial charge < -0.3 is 52.4 Å². The molecule has 41 heavy (non-hydrogen) atoms. The van der Waals surface area contributed by atoms with Crippen molar-refractivity contribution in [1.82, 2.24) is 35.2 Å². The second-order valence-electron chi connectivity index (χ2n) is 8.94. The molecule has 5 rings (SSSR count). The second kappa shape index (κ2) is 11.5. The highest BCUT2D eigenvalue weighted by molar-refractivity contribution is 7.47. The number of imidazole rings is 1. The minimum atomic E-state index is -5.04. The molecule has 0 bridgehead atoms. The quantitative estimate of drug-likeness (QED) is 0.111. The number of hydrogen-bond acceptors (Lipinski definition) is 17. The molecular weight excluding hydrogens is 577 g/mol. The average molecular weight is 605 g/mol. The number of phosphoric ester groups is 1. The number of nitrogens with two attached hydrogens (primary N) is 2. The van der Waals surface area contributed by atoms with Crippen LogP contribution >= 0.6 is 7.82 Å². The first-order valence-corrected chi connectivity index (χ1v) is 13.1. The van der Waals surface area contributed by atoms with Crippen molar-refractivity contribution in [1.29, 1.82) is 0 Å². The Hall–Kier alpha value is -3.34. The molecule has 3 aromatic heterocycles. The summed E-state index contributed by atoms with van der Waals surface area (Å²) in [5.41, 5.74) is 9.29. The van der Waals surface area contributed by atoms with Crippen molar-refractivity contribution < 1.29 is 48.4 Å². The molecule has 0 aliphatic carbocycles. The molecule has 21 nitrogen and oxygen atoms in total. The van der Waals surface area contributed by atoms with Crippen LogP contribution in [0, 0.1) is 0 Å². The summed E-state index contributed by atoms with van der Waals surface area (Å²) in [7, 11) is -5.04. The predicted octanol–water partition coefficient (Wildman–Crippen LogP) is -3.93. The van der Waals surface area contributed by atoms with E-state index < -0.39 is 81.4 Å². The third kappa shape index (κ3) is 5.73. The smallest absolute Gasteiger partial charge is 0.394 e. The lowest BCUT2D eigenvalue weighted by atomic mass is 10.1. The molecule has 9 atom stereocenters. The molecule has 5 heterocycles. The van der Waals surface area contributed by atoms with E-state index in [-0.39, 0.29) is 29.1 Å². The Kier molecular flexibility index (Phi) is 8.59. The number of nitrogens with zero attached hydrogens (tertiary/aromatic N) is 5. The van der Waals surface area contributed by atoms with E-state index >= 15 is 0 Å². The lowest BCUT2D eigenvalue weighted by Crippen LogP contribution is -2.37. The van der Waals surface area contributed by atoms with Gasteiger partial charge in [0.2, 0.25) is 5.95 Å². The number of ether oxygens (including phenoxy) is 2. The lowest BCUT2D eigenvalue weighted by molar-refractivity contribution is -0.0609. The van der Waals surface area contributed by atoms with E-state index in [1.807, 2.05) is 0 Å². The molecular formula is C19H28N9O12P. The Morgan fingerprint density at radius 3 is 2.41 bits per heavy atom. The minimum absolute atomic E-state index is 0. The number of hydrogen-bond donors (Lipinski definition) is 9. The molecule has 0 saturated carbocycles. The third-order valence-electron chi connectivity index (χ3n) is 6.33. The summed E-state index contributed by atoms with van der Waals surface area (Å²) in [6, 6.07) is 1.26. The fourth-order valence-corrected chi connectivity index (χ4v) is 5.39. The van der Waals surface area contributed by atoms with Gasteiger partial charge >= 0.3 is 13.5 Å². The normalized spacial score (nSPS) is 31.2. The van der Waals surface area contributed by atoms with Gasteiger partial charge in [-0.2, -0.15) is 9.97 Å². The number of phosphoric acid groups is 1. The number of aliphatic hydroxyl groups is 4. The van der Waals surface area contributed by atoms with Crippen LogP contribution < -0.4 is 28.9 Å². The molecule has 2 saturated heterocycles. The summed E-state index contributed by atoms with van der Waals surface area (Å²) in [5, 5.41) is 41.3. The van der Waals surface area contributed by atoms with Crippen LogP contribution in [0.25, 0.3) is 11.2 Å². The summed E-state index contributed by atoms with van der Waals surface area (Å²) in [6.45, 7) is -1.56. The van der Waals surface area contributed by atoms with Gasteiger partial charge in [-0.1, -0.05) is 0 Å². The van der Waals surface area contributed by atoms with Gasteiger partial charge in [-0.3, -0.25) is 28.0 Å². The van der Waals surface area contributed by atoms with Crippen molar-refractivity contribution in [3.05, 3.63) is 39.4 Å². The summed E-state index contributed by atoms with van der Waals surface area (Å²) in [4.78, 5) is 48.1. The summed E-state index contributed by atoms with van der Waals surface area (Å²) < 4.78 is 35.8. The van der Waals surface area contributed by atoms with Crippen LogP contribution in [-0.4, -0.2) is 104 Å². The maximum atomic E-state index is 12.8. The maximum Gasteiger partial charge on any atom is 0.472 e. The van der Waals surface area contributed by atoms with E-state index in [2.05, 4.69) is 19.9 Å². The SMILES string of the molecule is N.Nc1ccn([C@@H]2O[C@H](COP(=O)(O)O[C@H]3[C@@H](O)[C@H](n4cnc5c(=O)[nH]c(N)nc54)O[C@@H]3CO)[C@@H](O)[C@H]2O)c(=O)n1. The van der Waals surface area contributed by atoms with Crippen LogP contribution in [0.3, 0.4) is 0 Å². The highest BCUT2D eigenvalue weighted by Gasteiger charge is 2.50. The number of aliphatic hydroxyl groups excluding tert-OH is 4. The monoisotopic (exact) mass is 605 g/mol. The van der Waals surface area contributed by atoms with Crippen LogP contribution in [0.5, 0.6) is 0 Å². The molecule has 2 aliphatic heterocycles. The standard InChI is InChI=1S/C19H25N8O12P.H3N/c20-8-1-2-26(19(33)23-8)16-11(30)10(29)7(38-16)4-36-40(34,35)39-13-6(3-28)37-17(12(13)31)27-5-22-9-14(27)24-18(21)25-15(9)32;/h1-2,5-7,10-13,16-17,28-31H,3-4H2,(H,34,35)(H2,20,23,33)(H3,21,24,25,32);1H3/t6-,7-,10-,11-,12-,13-,16-,17-;/m1./s1. The molecule has 1 unspecified atom stereocenters. The Morgan fingerprint density at radius 1 is 1.05 bits per heavy atom. The topological polar surface area (TPSA) is 341 Å². The molecule has 226 valence electrons. The third-order valence-corrected chi connectivity index (χ3v) is 7.32. The number of H-pyrrole nitrogens is 1. The van der Waals surface area contributed by atoms with Crippen molar-refractivity contribution >= 4 is 30.8 Å². The highest BCUT2D eigenvalue weighted by Crippen LogP contribution is 2.49. The summed E-state index contributed by atoms with van der Waals surface area (Å²) in [6.07, 6.45) is -9.84. The molecule has 0 amide bonds. The second-order valence-corrected chi connectivity index (χ2v) is 10.3. The van der Waals surface area contributed by atoms with Crippen molar-refractivity contribution in [3.63, 3.8) is 0 Å². The van der Waals surface area contributed by atoms with Gasteiger partial charge in [-0.15, -0.1) is 0 Å². The van der Waals surface area contributed by atoms with Gasteiger partial charge in [-0.25, -0.2) is 14.3 Å². The average Bonchev–Trinajstić information content (AvgIpc) is 3.53. The van der Waals surface area contributed by atoms with Gasteiger partial charge in [0.15, 0.2) is 23.6 Å². The van der Waals surface area contributed by atoms with Crippen molar-refractivity contribution in [2.45, 2.75) is 49.1 Å². The van der Waals surface area contributed by atoms with Gasteiger partial charge in [0, 0.05) is 6.20 Å². The number of fused-ring (bicyclic) bond motifs is 1. The van der Waals surface area contributed by atoms with Crippen molar-refractivity contribution in [2.24, 2.45) is 0 Å². The lowest BCUT2D eigenvalue weighted by Gasteiger charge is -2.23. The zero-order valence-electron chi connectivity index (χ0n) is 20.9. The Balaban J connectivity index is 0.00000387. The number of rotatable bonds is 8. The van der Waals surface area contributed by atoms with Gasteiger partial charge in [0.25, 0.3) is 5.56 Å². The molecule has 0 radical (unpaired) electrons. The Morgan fingerprint density at radius 2 is 1.73 bits per heavy atom. The van der Waals surface area contributed by atoms with Crippen LogP contribution in [0.1, 0.15) is 12.5 Å². The molecule has 0 aromatic carbocycles. The number of aromatic amines is 1. The Bertz CT molecular complexity index is 1560. The summed E-state index contributed by atoms with van der Waals surface area (Å²) >= 11 is 0. The Labute approximate surface area is 228 Å². The van der Waals surface area contributed by atoms with E-state index in [0.29, 0.717) is 0 Å². The van der Waals surface area contributed by atoms with Crippen LogP contribution in [0.2, 0.25) is 0 Å². The zero-order valence-corrected chi connectivity index (χ0v) is 21.8. The van der Waals surface area contributed by atoms with E-state index in [1.165, 1.54) is 12.3 Å². The zero-order chi connectivity index (χ0) is 28.9. The van der Waals surface area contributed by atoms with E-state index in [4.69, 9.17) is 30.0 Å². The van der Waals surface area contributed by atoms with Gasteiger partial charge in [-0.05, 0) is 6.07 Å². The molecule has 22 heteroatoms. The fourth-order valence-electron chi connectivity index (χ4n) is 4.42. The first-order valence-electron chi connectivity index (χ1n) is 11.6. The molecule has 3 aromatic rings. The minimum Gasteiger partial charge on any atom is -0.394 e. The van der Waals surface area contributed by atoms with E-state index in [0.717, 1.165) is 15.5 Å². The number of anilines is 2. The maximum absolute atomic E-state index is 12.8. The molecule has 13 N–H and O–H groups in total. The molecule has 2 fully saturated rings. The largest absolute Gasteiger partial charge is 0.472 e. The first-order chi connectivity index (χ1) is 18.9. The van der Waals surface area contributed by atoms with Crippen LogP contribution in [-0.2, 0) is 23.1 Å². The van der Waals surface area contributed by atoms with Crippen LogP contribution in [0.15, 0.2) is 28.2 Å². The number of aromatic nitrogens is 6. The van der Waals surface area contributed by atoms with Crippen molar-refractivity contribution in [3.8, 4) is 0 Å². The van der Waals surface area contributed by atoms with Gasteiger partial charge in [0.1, 0.15) is 42.4 Å². The van der Waals surface area contributed by atoms with E-state index in [9.17, 15) is 39.5 Å². The van der Waals surface area contributed by atoms with Gasteiger partial charge in [0.05, 0.1) is 19.5 Å².